The average molecular weight is 477 g/mol. The lowest BCUT2D eigenvalue weighted by atomic mass is 9.99. The van der Waals surface area contributed by atoms with E-state index in [0.29, 0.717) is 22.8 Å². The molecule has 0 radical (unpaired) electrons. The van der Waals surface area contributed by atoms with Gasteiger partial charge in [-0.25, -0.2) is 0 Å². The number of H-pyrrole nitrogens is 1. The predicted molar refractivity (Wildman–Crippen MR) is 121 cm³/mol. The second-order valence-electron chi connectivity index (χ2n) is 7.34. The molecule has 5 rings (SSSR count). The molecule has 2 aromatic carbocycles. The Balaban J connectivity index is 1.75. The molecule has 2 N–H and O–H groups in total. The van der Waals surface area contributed by atoms with Crippen LogP contribution in [0.3, 0.4) is 0 Å². The van der Waals surface area contributed by atoms with E-state index in [-0.39, 0.29) is 11.3 Å². The van der Waals surface area contributed by atoms with Gasteiger partial charge in [0.2, 0.25) is 0 Å². The van der Waals surface area contributed by atoms with Gasteiger partial charge in [-0.15, -0.1) is 0 Å². The van der Waals surface area contributed by atoms with E-state index in [9.17, 15) is 14.7 Å². The zero-order chi connectivity index (χ0) is 21.7. The van der Waals surface area contributed by atoms with Gasteiger partial charge in [0.25, 0.3) is 11.7 Å². The van der Waals surface area contributed by atoms with Crippen molar-refractivity contribution in [2.75, 3.05) is 4.90 Å². The molecule has 154 valence electrons. The van der Waals surface area contributed by atoms with Gasteiger partial charge in [0.1, 0.15) is 23.3 Å². The second kappa shape index (κ2) is 7.28. The number of aromatic amines is 1. The van der Waals surface area contributed by atoms with Crippen molar-refractivity contribution in [2.24, 2.45) is 0 Å². The van der Waals surface area contributed by atoms with E-state index in [4.69, 9.17) is 4.42 Å². The lowest BCUT2D eigenvalue weighted by Crippen LogP contribution is -2.29. The largest absolute Gasteiger partial charge is 0.507 e. The molecule has 0 saturated carbocycles. The van der Waals surface area contributed by atoms with Crippen LogP contribution in [0.2, 0.25) is 0 Å². The van der Waals surface area contributed by atoms with Crippen molar-refractivity contribution in [3.05, 3.63) is 94.0 Å². The monoisotopic (exact) mass is 476 g/mol. The highest BCUT2D eigenvalue weighted by atomic mass is 79.9. The molecule has 1 atom stereocenters. The number of ketones is 1. The topological polar surface area (TPSA) is 86.5 Å². The maximum Gasteiger partial charge on any atom is 0.300 e. The van der Waals surface area contributed by atoms with Gasteiger partial charge in [-0.05, 0) is 49.4 Å². The van der Waals surface area contributed by atoms with Crippen LogP contribution in [-0.2, 0) is 9.59 Å². The normalized spacial score (nSPS) is 18.3. The van der Waals surface area contributed by atoms with Gasteiger partial charge < -0.3 is 14.5 Å². The van der Waals surface area contributed by atoms with E-state index in [0.717, 1.165) is 15.4 Å². The molecule has 2 aromatic heterocycles. The number of hydrogen-bond acceptors (Lipinski definition) is 4. The maximum atomic E-state index is 13.1. The van der Waals surface area contributed by atoms with Crippen LogP contribution in [0.1, 0.15) is 23.1 Å². The number of aryl methyl sites for hydroxylation is 1. The van der Waals surface area contributed by atoms with Gasteiger partial charge in [-0.2, -0.15) is 0 Å². The fourth-order valence-corrected chi connectivity index (χ4v) is 4.25. The minimum Gasteiger partial charge on any atom is -0.507 e. The number of para-hydroxylation sites is 1. The van der Waals surface area contributed by atoms with Crippen LogP contribution >= 0.6 is 15.9 Å². The van der Waals surface area contributed by atoms with Gasteiger partial charge >= 0.3 is 0 Å². The van der Waals surface area contributed by atoms with Crippen LogP contribution in [0.5, 0.6) is 0 Å². The molecule has 1 aliphatic rings. The number of amides is 1. The molecule has 1 saturated heterocycles. The Morgan fingerprint density at radius 1 is 1.06 bits per heavy atom. The Hall–Kier alpha value is -3.58. The predicted octanol–water partition coefficient (Wildman–Crippen LogP) is 5.46. The molecule has 1 fully saturated rings. The summed E-state index contributed by atoms with van der Waals surface area (Å²) in [5.41, 5.74) is 1.80. The highest BCUT2D eigenvalue weighted by molar-refractivity contribution is 9.10. The molecule has 4 aromatic rings. The molecule has 1 aliphatic heterocycles. The van der Waals surface area contributed by atoms with Crippen LogP contribution in [0, 0.1) is 6.92 Å². The Bertz CT molecular complexity index is 1360. The summed E-state index contributed by atoms with van der Waals surface area (Å²) in [5.74, 6) is -0.675. The molecule has 7 heteroatoms. The third kappa shape index (κ3) is 3.09. The molecular weight excluding hydrogens is 460 g/mol. The number of carbonyl (C=O) groups is 2. The van der Waals surface area contributed by atoms with Gasteiger partial charge in [0, 0.05) is 32.8 Å². The number of nitrogens with zero attached hydrogens (tertiary/aromatic N) is 1. The average Bonchev–Trinajstić information content (AvgIpc) is 3.45. The number of furan rings is 1. The maximum absolute atomic E-state index is 13.1. The quantitative estimate of drug-likeness (QED) is 0.233. The smallest absolute Gasteiger partial charge is 0.300 e. The van der Waals surface area contributed by atoms with Crippen molar-refractivity contribution >= 4 is 50.0 Å². The first-order valence-electron chi connectivity index (χ1n) is 9.65. The summed E-state index contributed by atoms with van der Waals surface area (Å²) in [5, 5.41) is 12.0. The van der Waals surface area contributed by atoms with Crippen molar-refractivity contribution < 1.29 is 19.1 Å². The number of aliphatic hydroxyl groups is 1. The summed E-state index contributed by atoms with van der Waals surface area (Å²) in [4.78, 5) is 30.7. The first-order chi connectivity index (χ1) is 15.0. The van der Waals surface area contributed by atoms with E-state index < -0.39 is 17.7 Å². The molecule has 0 aliphatic carbocycles. The summed E-state index contributed by atoms with van der Waals surface area (Å²) < 4.78 is 6.66. The summed E-state index contributed by atoms with van der Waals surface area (Å²) in [6, 6.07) is 17.1. The van der Waals surface area contributed by atoms with Crippen LogP contribution in [-0.4, -0.2) is 21.8 Å². The van der Waals surface area contributed by atoms with Crippen molar-refractivity contribution in [2.45, 2.75) is 13.0 Å². The third-order valence-electron chi connectivity index (χ3n) is 5.42. The Kier molecular flexibility index (Phi) is 4.55. The number of halogens is 1. The number of aromatic nitrogens is 1. The van der Waals surface area contributed by atoms with Gasteiger partial charge in [0.15, 0.2) is 0 Å². The fraction of sp³-hybridized carbons (Fsp3) is 0.0833. The first-order valence-corrected chi connectivity index (χ1v) is 10.4. The van der Waals surface area contributed by atoms with Crippen molar-refractivity contribution in [1.82, 2.24) is 4.98 Å². The summed E-state index contributed by atoms with van der Waals surface area (Å²) in [6.07, 6.45) is 1.64. The van der Waals surface area contributed by atoms with Crippen LogP contribution in [0.15, 0.2) is 81.3 Å². The Labute approximate surface area is 185 Å². The molecule has 3 heterocycles. The highest BCUT2D eigenvalue weighted by Crippen LogP contribution is 2.43. The number of rotatable bonds is 3. The number of fused-ring (bicyclic) bond motifs is 1. The highest BCUT2D eigenvalue weighted by Gasteiger charge is 2.48. The third-order valence-corrected chi connectivity index (χ3v) is 5.95. The van der Waals surface area contributed by atoms with Crippen LogP contribution in [0.25, 0.3) is 16.7 Å². The molecular formula is C24H17BrN2O4. The minimum atomic E-state index is -0.886. The van der Waals surface area contributed by atoms with Gasteiger partial charge in [-0.3, -0.25) is 14.5 Å². The van der Waals surface area contributed by atoms with Gasteiger partial charge in [-0.1, -0.05) is 34.1 Å². The number of hydrogen-bond donors (Lipinski definition) is 2. The van der Waals surface area contributed by atoms with Crippen molar-refractivity contribution in [1.29, 1.82) is 0 Å². The number of nitrogens with one attached hydrogen (secondary N) is 1. The van der Waals surface area contributed by atoms with Gasteiger partial charge in [0.05, 0.1) is 5.57 Å². The van der Waals surface area contributed by atoms with Crippen LogP contribution < -0.4 is 4.90 Å². The van der Waals surface area contributed by atoms with Crippen LogP contribution in [0.4, 0.5) is 5.69 Å². The number of carbonyl (C=O) groups excluding carboxylic acids is 2. The van der Waals surface area contributed by atoms with E-state index in [1.54, 1.807) is 49.5 Å². The Morgan fingerprint density at radius 3 is 2.52 bits per heavy atom. The number of aliphatic hydroxyl groups excluding tert-OH is 1. The molecule has 0 spiro atoms. The zero-order valence-electron chi connectivity index (χ0n) is 16.4. The lowest BCUT2D eigenvalue weighted by Gasteiger charge is -2.23. The fourth-order valence-electron chi connectivity index (χ4n) is 3.98. The number of benzene rings is 2. The lowest BCUT2D eigenvalue weighted by molar-refractivity contribution is -0.132. The van der Waals surface area contributed by atoms with Crippen molar-refractivity contribution in [3.63, 3.8) is 0 Å². The molecule has 1 amide bonds. The number of Topliss-reactive ketones (excluding diaryl/α,β-unsaturated/α-hetero) is 1. The molecule has 1 unspecified atom stereocenters. The SMILES string of the molecule is Cc1ccc(C2/C(=C(/O)c3c[nH]c4ccccc34)C(=O)C(=O)N2c2ccc(Br)cc2)o1. The first kappa shape index (κ1) is 19.4. The second-order valence-corrected chi connectivity index (χ2v) is 8.26. The summed E-state index contributed by atoms with van der Waals surface area (Å²) >= 11 is 3.39. The Morgan fingerprint density at radius 2 is 1.81 bits per heavy atom. The standard InChI is InChI=1S/C24H17BrN2O4/c1-13-6-11-19(31-13)21-20(22(28)17-12-26-18-5-3-2-4-16(17)18)23(29)24(30)27(21)15-9-7-14(25)8-10-15/h2-12,21,26,28H,1H3/b22-20-. The number of anilines is 1. The van der Waals surface area contributed by atoms with Crippen molar-refractivity contribution in [3.8, 4) is 0 Å². The van der Waals surface area contributed by atoms with E-state index in [1.807, 2.05) is 24.3 Å². The minimum absolute atomic E-state index is 0.00739. The van der Waals surface area contributed by atoms with E-state index in [2.05, 4.69) is 20.9 Å². The zero-order valence-corrected chi connectivity index (χ0v) is 18.0. The van der Waals surface area contributed by atoms with E-state index >= 15 is 0 Å². The molecule has 6 nitrogen and oxygen atoms in total. The summed E-state index contributed by atoms with van der Waals surface area (Å²) in [7, 11) is 0. The summed E-state index contributed by atoms with van der Waals surface area (Å²) in [6.45, 7) is 1.79. The molecule has 31 heavy (non-hydrogen) atoms. The van der Waals surface area contributed by atoms with E-state index in [1.165, 1.54) is 4.90 Å². The molecule has 0 bridgehead atoms.